The maximum atomic E-state index is 12.2. The van der Waals surface area contributed by atoms with Gasteiger partial charge in [-0.2, -0.15) is 5.10 Å². The number of hydrogen-bond acceptors (Lipinski definition) is 2. The van der Waals surface area contributed by atoms with Crippen LogP contribution >= 0.6 is 11.6 Å². The predicted molar refractivity (Wildman–Crippen MR) is 73.9 cm³/mol. The Balaban J connectivity index is 2.28. The second-order valence-electron chi connectivity index (χ2n) is 4.04. The van der Waals surface area contributed by atoms with Gasteiger partial charge < -0.3 is 0 Å². The maximum Gasteiger partial charge on any atom is 0.274 e. The average molecular weight is 263 g/mol. The molecule has 0 N–H and O–H groups in total. The van der Waals surface area contributed by atoms with Crippen LogP contribution in [0.4, 0.5) is 0 Å². The first kappa shape index (κ1) is 12.8. The Kier molecular flexibility index (Phi) is 4.53. The maximum absolute atomic E-state index is 12.2. The molecule has 0 aliphatic carbocycles. The summed E-state index contributed by atoms with van der Waals surface area (Å²) in [5.74, 6) is 0.618. The minimum absolute atomic E-state index is 0.0433. The number of alkyl halides is 1. The van der Waals surface area contributed by atoms with Crippen LogP contribution in [-0.2, 0) is 6.54 Å². The summed E-state index contributed by atoms with van der Waals surface area (Å²) >= 11 is 5.63. The molecule has 1 heterocycles. The Bertz CT molecular complexity index is 551. The van der Waals surface area contributed by atoms with E-state index in [1.807, 2.05) is 30.3 Å². The van der Waals surface area contributed by atoms with Gasteiger partial charge in [-0.15, -0.1) is 11.6 Å². The summed E-state index contributed by atoms with van der Waals surface area (Å²) in [4.78, 5) is 12.2. The summed E-state index contributed by atoms with van der Waals surface area (Å²) in [5.41, 5.74) is 1.57. The Hall–Kier alpha value is -1.61. The Labute approximate surface area is 111 Å². The van der Waals surface area contributed by atoms with Crippen LogP contribution in [0.2, 0.25) is 0 Å². The molecule has 94 valence electrons. The van der Waals surface area contributed by atoms with Crippen LogP contribution in [0.5, 0.6) is 0 Å². The van der Waals surface area contributed by atoms with Gasteiger partial charge in [-0.25, -0.2) is 4.68 Å². The van der Waals surface area contributed by atoms with Crippen LogP contribution < -0.4 is 5.56 Å². The lowest BCUT2D eigenvalue weighted by Gasteiger charge is -2.06. The highest BCUT2D eigenvalue weighted by molar-refractivity contribution is 6.17. The largest absolute Gasteiger partial charge is 0.274 e. The highest BCUT2D eigenvalue weighted by Gasteiger charge is 2.05. The fraction of sp³-hybridized carbons (Fsp3) is 0.286. The second kappa shape index (κ2) is 6.36. The molecule has 2 aromatic rings. The van der Waals surface area contributed by atoms with Crippen molar-refractivity contribution in [2.45, 2.75) is 19.4 Å². The van der Waals surface area contributed by atoms with Gasteiger partial charge in [0.15, 0.2) is 0 Å². The number of rotatable bonds is 5. The highest BCUT2D eigenvalue weighted by Crippen LogP contribution is 2.13. The number of hydrogen-bond donors (Lipinski definition) is 0. The van der Waals surface area contributed by atoms with E-state index in [1.165, 1.54) is 4.68 Å². The zero-order chi connectivity index (χ0) is 12.8. The molecule has 3 nitrogen and oxygen atoms in total. The molecule has 0 spiro atoms. The molecule has 0 unspecified atom stereocenters. The average Bonchev–Trinajstić information content (AvgIpc) is 2.42. The van der Waals surface area contributed by atoms with Gasteiger partial charge >= 0.3 is 0 Å². The normalized spacial score (nSPS) is 10.5. The van der Waals surface area contributed by atoms with Gasteiger partial charge in [-0.1, -0.05) is 30.3 Å². The molecule has 0 aliphatic rings. The summed E-state index contributed by atoms with van der Waals surface area (Å²) in [6.45, 7) is 0.617. The number of halogens is 1. The van der Waals surface area contributed by atoms with Gasteiger partial charge in [0.25, 0.3) is 5.56 Å². The lowest BCUT2D eigenvalue weighted by atomic mass is 10.1. The van der Waals surface area contributed by atoms with Crippen molar-refractivity contribution >= 4 is 11.6 Å². The predicted octanol–water partition coefficient (Wildman–Crippen LogP) is 2.93. The molecule has 4 heteroatoms. The van der Waals surface area contributed by atoms with Crippen LogP contribution in [0, 0.1) is 0 Å². The van der Waals surface area contributed by atoms with Crippen molar-refractivity contribution in [2.24, 2.45) is 0 Å². The molecular weight excluding hydrogens is 248 g/mol. The molecule has 0 saturated carbocycles. The van der Waals surface area contributed by atoms with Crippen molar-refractivity contribution in [1.29, 1.82) is 0 Å². The first-order valence-corrected chi connectivity index (χ1v) is 6.54. The zero-order valence-corrected chi connectivity index (χ0v) is 10.8. The number of benzene rings is 1. The quantitative estimate of drug-likeness (QED) is 0.613. The van der Waals surface area contributed by atoms with Gasteiger partial charge in [-0.3, -0.25) is 4.79 Å². The van der Waals surface area contributed by atoms with Gasteiger partial charge in [0.05, 0.1) is 5.56 Å². The van der Waals surface area contributed by atoms with Crippen molar-refractivity contribution in [1.82, 2.24) is 9.78 Å². The highest BCUT2D eigenvalue weighted by atomic mass is 35.5. The molecule has 0 bridgehead atoms. The minimum Gasteiger partial charge on any atom is -0.267 e. The lowest BCUT2D eigenvalue weighted by Crippen LogP contribution is -2.24. The fourth-order valence-corrected chi connectivity index (χ4v) is 1.99. The third-order valence-electron chi connectivity index (χ3n) is 2.75. The third kappa shape index (κ3) is 2.99. The molecule has 0 aliphatic heterocycles. The Morgan fingerprint density at radius 3 is 2.61 bits per heavy atom. The van der Waals surface area contributed by atoms with E-state index in [0.717, 1.165) is 18.4 Å². The van der Waals surface area contributed by atoms with Gasteiger partial charge in [0.1, 0.15) is 0 Å². The van der Waals surface area contributed by atoms with Crippen molar-refractivity contribution < 1.29 is 0 Å². The van der Waals surface area contributed by atoms with E-state index in [4.69, 9.17) is 11.6 Å². The van der Waals surface area contributed by atoms with E-state index >= 15 is 0 Å². The third-order valence-corrected chi connectivity index (χ3v) is 3.02. The molecule has 18 heavy (non-hydrogen) atoms. The topological polar surface area (TPSA) is 34.9 Å². The number of unbranched alkanes of at least 4 members (excludes halogenated alkanes) is 1. The smallest absolute Gasteiger partial charge is 0.267 e. The van der Waals surface area contributed by atoms with Crippen LogP contribution in [0.15, 0.2) is 47.4 Å². The molecule has 0 amide bonds. The van der Waals surface area contributed by atoms with Crippen molar-refractivity contribution in [3.8, 4) is 11.1 Å². The van der Waals surface area contributed by atoms with Crippen molar-refractivity contribution in [3.63, 3.8) is 0 Å². The Morgan fingerprint density at radius 1 is 1.11 bits per heavy atom. The monoisotopic (exact) mass is 262 g/mol. The summed E-state index contributed by atoms with van der Waals surface area (Å²) in [7, 11) is 0. The molecular formula is C14H15ClN2O. The molecule has 0 fully saturated rings. The Morgan fingerprint density at radius 2 is 1.89 bits per heavy atom. The summed E-state index contributed by atoms with van der Waals surface area (Å²) in [6.07, 6.45) is 3.43. The van der Waals surface area contributed by atoms with E-state index in [1.54, 1.807) is 12.3 Å². The summed E-state index contributed by atoms with van der Waals surface area (Å²) < 4.78 is 1.51. The molecule has 0 saturated heterocycles. The minimum atomic E-state index is -0.0433. The number of aromatic nitrogens is 2. The van der Waals surface area contributed by atoms with Crippen molar-refractivity contribution in [2.75, 3.05) is 5.88 Å². The van der Waals surface area contributed by atoms with E-state index in [0.29, 0.717) is 18.0 Å². The SMILES string of the molecule is O=c1c(-c2ccccc2)ccnn1CCCCCl. The number of nitrogens with zero attached hydrogens (tertiary/aromatic N) is 2. The first-order chi connectivity index (χ1) is 8.83. The molecule has 2 rings (SSSR count). The van der Waals surface area contributed by atoms with E-state index in [2.05, 4.69) is 5.10 Å². The second-order valence-corrected chi connectivity index (χ2v) is 4.41. The van der Waals surface area contributed by atoms with Crippen LogP contribution in [0.25, 0.3) is 11.1 Å². The van der Waals surface area contributed by atoms with E-state index in [9.17, 15) is 4.79 Å². The first-order valence-electron chi connectivity index (χ1n) is 6.00. The number of aryl methyl sites for hydroxylation is 1. The van der Waals surface area contributed by atoms with E-state index < -0.39 is 0 Å². The molecule has 1 aromatic heterocycles. The molecule has 0 radical (unpaired) electrons. The van der Waals surface area contributed by atoms with E-state index in [-0.39, 0.29) is 5.56 Å². The van der Waals surface area contributed by atoms with Crippen molar-refractivity contribution in [3.05, 3.63) is 52.9 Å². The van der Waals surface area contributed by atoms with Crippen LogP contribution in [0.3, 0.4) is 0 Å². The standard InChI is InChI=1S/C14H15ClN2O/c15-9-4-5-11-17-14(18)13(8-10-16-17)12-6-2-1-3-7-12/h1-3,6-8,10H,4-5,9,11H2. The molecule has 0 atom stereocenters. The van der Waals surface area contributed by atoms with Crippen LogP contribution in [0.1, 0.15) is 12.8 Å². The lowest BCUT2D eigenvalue weighted by molar-refractivity contribution is 0.545. The summed E-state index contributed by atoms with van der Waals surface area (Å²) in [5, 5.41) is 4.10. The van der Waals surface area contributed by atoms with Crippen LogP contribution in [-0.4, -0.2) is 15.7 Å². The fourth-order valence-electron chi connectivity index (χ4n) is 1.80. The zero-order valence-electron chi connectivity index (χ0n) is 10.1. The van der Waals surface area contributed by atoms with Gasteiger partial charge in [-0.05, 0) is 24.5 Å². The summed E-state index contributed by atoms with van der Waals surface area (Å²) in [6, 6.07) is 11.4. The molecule has 1 aromatic carbocycles. The van der Waals surface area contributed by atoms with Gasteiger partial charge in [0.2, 0.25) is 0 Å². The van der Waals surface area contributed by atoms with Gasteiger partial charge in [0, 0.05) is 18.6 Å².